The lowest BCUT2D eigenvalue weighted by Crippen LogP contribution is -2.33. The van der Waals surface area contributed by atoms with Crippen LogP contribution in [0.15, 0.2) is 132 Å². The maximum Gasteiger partial charge on any atom is 0.0830 e. The molecule has 0 aromatic heterocycles. The molecule has 3 aromatic rings. The summed E-state index contributed by atoms with van der Waals surface area (Å²) in [5, 5.41) is 0. The van der Waals surface area contributed by atoms with Gasteiger partial charge in [-0.15, -0.1) is 0 Å². The summed E-state index contributed by atoms with van der Waals surface area (Å²) in [6, 6.07) is 28.5. The van der Waals surface area contributed by atoms with Gasteiger partial charge in [0.15, 0.2) is 0 Å². The summed E-state index contributed by atoms with van der Waals surface area (Å²) in [5.41, 5.74) is 18.4. The Kier molecular flexibility index (Phi) is 8.88. The molecule has 1 saturated heterocycles. The van der Waals surface area contributed by atoms with E-state index >= 15 is 0 Å². The Morgan fingerprint density at radius 2 is 1.37 bits per heavy atom. The maximum absolute atomic E-state index is 6.21. The number of allylic oxidation sites excluding steroid dienone is 3. The van der Waals surface area contributed by atoms with Crippen molar-refractivity contribution in [3.63, 3.8) is 0 Å². The molecule has 4 heteroatoms. The number of aryl methyl sites for hydroxylation is 2. The maximum atomic E-state index is 6.21. The number of aliphatic imine (C=N–C) groups is 1. The van der Waals surface area contributed by atoms with E-state index in [1.807, 2.05) is 0 Å². The van der Waals surface area contributed by atoms with Crippen LogP contribution in [0.2, 0.25) is 0 Å². The smallest absolute Gasteiger partial charge is 0.0830 e. The predicted octanol–water partition coefficient (Wildman–Crippen LogP) is 7.78. The minimum absolute atomic E-state index is 0.503. The number of nitrogens with two attached hydrogens (primary N) is 1. The molecule has 0 amide bonds. The van der Waals surface area contributed by atoms with E-state index in [1.54, 1.807) is 7.05 Å². The number of hydrogen-bond acceptors (Lipinski definition) is 4. The third kappa shape index (κ3) is 6.54. The fourth-order valence-corrected chi connectivity index (χ4v) is 6.05. The molecule has 0 unspecified atom stereocenters. The highest BCUT2D eigenvalue weighted by molar-refractivity contribution is 6.12. The number of anilines is 2. The third-order valence-corrected chi connectivity index (χ3v) is 8.34. The van der Waals surface area contributed by atoms with Gasteiger partial charge >= 0.3 is 0 Å². The summed E-state index contributed by atoms with van der Waals surface area (Å²) in [5.74, 6) is 0. The first-order valence-electron chi connectivity index (χ1n) is 14.7. The van der Waals surface area contributed by atoms with Gasteiger partial charge in [-0.1, -0.05) is 74.3 Å². The summed E-state index contributed by atoms with van der Waals surface area (Å²) >= 11 is 0. The van der Waals surface area contributed by atoms with Crippen LogP contribution in [-0.2, 0) is 19.3 Å². The number of benzene rings is 3. The Bertz CT molecular complexity index is 1460. The molecule has 210 valence electrons. The van der Waals surface area contributed by atoms with Gasteiger partial charge in [0.2, 0.25) is 0 Å². The van der Waals surface area contributed by atoms with E-state index in [9.17, 15) is 0 Å². The average molecular weight is 543 g/mol. The quantitative estimate of drug-likeness (QED) is 0.281. The van der Waals surface area contributed by atoms with Crippen molar-refractivity contribution in [1.82, 2.24) is 0 Å². The molecular formula is C37H42N4. The Hall–Kier alpha value is -4.31. The van der Waals surface area contributed by atoms with E-state index < -0.39 is 0 Å². The van der Waals surface area contributed by atoms with Crippen LogP contribution in [0.25, 0.3) is 0 Å². The highest BCUT2D eigenvalue weighted by Gasteiger charge is 2.27. The monoisotopic (exact) mass is 542 g/mol. The van der Waals surface area contributed by atoms with E-state index in [4.69, 9.17) is 5.73 Å². The van der Waals surface area contributed by atoms with Crippen LogP contribution in [0.4, 0.5) is 11.4 Å². The normalized spacial score (nSPS) is 16.4. The van der Waals surface area contributed by atoms with Gasteiger partial charge in [0.1, 0.15) is 0 Å². The number of nitrogens with zero attached hydrogens (tertiary/aromatic N) is 3. The van der Waals surface area contributed by atoms with Gasteiger partial charge in [0.25, 0.3) is 0 Å². The Morgan fingerprint density at radius 1 is 0.756 bits per heavy atom. The van der Waals surface area contributed by atoms with Gasteiger partial charge in [-0.2, -0.15) is 0 Å². The molecule has 0 atom stereocenters. The average Bonchev–Trinajstić information content (AvgIpc) is 2.99. The van der Waals surface area contributed by atoms with Crippen molar-refractivity contribution in [2.75, 3.05) is 29.9 Å². The van der Waals surface area contributed by atoms with Crippen LogP contribution in [0.1, 0.15) is 42.4 Å². The van der Waals surface area contributed by atoms with Crippen LogP contribution in [0, 0.1) is 0 Å². The molecule has 2 heterocycles. The zero-order valence-electron chi connectivity index (χ0n) is 24.4. The first-order chi connectivity index (χ1) is 19.9. The number of piperidine rings is 1. The van der Waals surface area contributed by atoms with Gasteiger partial charge in [0, 0.05) is 42.9 Å². The van der Waals surface area contributed by atoms with Crippen molar-refractivity contribution in [3.8, 4) is 0 Å². The van der Waals surface area contributed by atoms with Crippen LogP contribution >= 0.6 is 0 Å². The molecule has 0 bridgehead atoms. The highest BCUT2D eigenvalue weighted by atomic mass is 15.2. The summed E-state index contributed by atoms with van der Waals surface area (Å²) in [6.07, 6.45) is 7.18. The van der Waals surface area contributed by atoms with Gasteiger partial charge in [0.05, 0.1) is 11.4 Å². The molecule has 2 N–H and O–H groups in total. The molecule has 0 saturated carbocycles. The summed E-state index contributed by atoms with van der Waals surface area (Å²) < 4.78 is 0. The molecule has 4 nitrogen and oxygen atoms in total. The lowest BCUT2D eigenvalue weighted by atomic mass is 9.88. The van der Waals surface area contributed by atoms with Crippen LogP contribution in [-0.4, -0.2) is 25.8 Å². The van der Waals surface area contributed by atoms with Gasteiger partial charge in [-0.25, -0.2) is 0 Å². The first-order valence-corrected chi connectivity index (χ1v) is 14.7. The molecule has 3 aromatic carbocycles. The predicted molar refractivity (Wildman–Crippen MR) is 176 cm³/mol. The van der Waals surface area contributed by atoms with E-state index in [0.29, 0.717) is 5.70 Å². The molecule has 0 radical (unpaired) electrons. The SMILES string of the molecule is C=C(N)C(=NC)C1=C(Cc2ccc(CCc3ccccc3)cc2)C(=C)N(c2ccc(N3CCCCC3=C)cc2)CC1. The van der Waals surface area contributed by atoms with Crippen LogP contribution in [0.3, 0.4) is 0 Å². The molecule has 1 fully saturated rings. The molecule has 2 aliphatic heterocycles. The second-order valence-corrected chi connectivity index (χ2v) is 11.1. The van der Waals surface area contributed by atoms with Crippen molar-refractivity contribution >= 4 is 17.1 Å². The van der Waals surface area contributed by atoms with Crippen molar-refractivity contribution in [1.29, 1.82) is 0 Å². The van der Waals surface area contributed by atoms with Crippen molar-refractivity contribution < 1.29 is 0 Å². The summed E-state index contributed by atoms with van der Waals surface area (Å²) in [6.45, 7) is 14.8. The minimum Gasteiger partial charge on any atom is -0.397 e. The van der Waals surface area contributed by atoms with Gasteiger partial charge in [-0.05, 0) is 97.0 Å². The zero-order chi connectivity index (χ0) is 28.8. The largest absolute Gasteiger partial charge is 0.397 e. The van der Waals surface area contributed by atoms with Crippen molar-refractivity contribution in [2.24, 2.45) is 10.7 Å². The van der Waals surface area contributed by atoms with E-state index in [1.165, 1.54) is 46.5 Å². The van der Waals surface area contributed by atoms with E-state index in [0.717, 1.165) is 67.9 Å². The van der Waals surface area contributed by atoms with E-state index in [-0.39, 0.29) is 0 Å². The molecule has 0 aliphatic carbocycles. The van der Waals surface area contributed by atoms with Gasteiger partial charge < -0.3 is 15.5 Å². The Morgan fingerprint density at radius 3 is 1.98 bits per heavy atom. The van der Waals surface area contributed by atoms with Crippen molar-refractivity contribution in [2.45, 2.75) is 44.9 Å². The fraction of sp³-hybridized carbons (Fsp3) is 0.270. The van der Waals surface area contributed by atoms with Crippen LogP contribution in [0.5, 0.6) is 0 Å². The molecule has 2 aliphatic rings. The zero-order valence-corrected chi connectivity index (χ0v) is 24.4. The Balaban J connectivity index is 1.36. The standard InChI is InChI=1S/C37H42N4/c1-27-10-8-9-24-40(27)33-19-21-34(22-20-33)41-25-23-35(37(39-4)28(2)38)36(29(41)3)26-32-17-15-31(16-18-32)14-13-30-11-6-5-7-12-30/h5-7,11-12,15-22H,1-3,8-10,13-14,23-26,38H2,4H3. The fourth-order valence-electron chi connectivity index (χ4n) is 6.05. The van der Waals surface area contributed by atoms with Gasteiger partial charge in [-0.3, -0.25) is 4.99 Å². The molecule has 5 rings (SSSR count). The lowest BCUT2D eigenvalue weighted by Gasteiger charge is -2.36. The number of hydrogen-bond donors (Lipinski definition) is 1. The molecular weight excluding hydrogens is 500 g/mol. The second-order valence-electron chi connectivity index (χ2n) is 11.1. The lowest BCUT2D eigenvalue weighted by molar-refractivity contribution is 0.641. The topological polar surface area (TPSA) is 44.9 Å². The Labute approximate surface area is 245 Å². The number of rotatable bonds is 9. The highest BCUT2D eigenvalue weighted by Crippen LogP contribution is 2.36. The van der Waals surface area contributed by atoms with Crippen LogP contribution < -0.4 is 15.5 Å². The van der Waals surface area contributed by atoms with E-state index in [2.05, 4.69) is 113 Å². The summed E-state index contributed by atoms with van der Waals surface area (Å²) in [4.78, 5) is 9.21. The van der Waals surface area contributed by atoms with Crippen molar-refractivity contribution in [3.05, 3.63) is 144 Å². The third-order valence-electron chi connectivity index (χ3n) is 8.34. The molecule has 0 spiro atoms. The molecule has 41 heavy (non-hydrogen) atoms. The minimum atomic E-state index is 0.503. The summed E-state index contributed by atoms with van der Waals surface area (Å²) in [7, 11) is 1.79. The second kappa shape index (κ2) is 12.9. The first kappa shape index (κ1) is 28.2.